The Balaban J connectivity index is 2.74. The van der Waals surface area contributed by atoms with E-state index in [1.165, 1.54) is 0 Å². The molecule has 0 bridgehead atoms. The zero-order valence-corrected chi connectivity index (χ0v) is 6.99. The molecule has 12 heavy (non-hydrogen) atoms. The van der Waals surface area contributed by atoms with Crippen LogP contribution in [0.25, 0.3) is 5.52 Å². The van der Waals surface area contributed by atoms with Gasteiger partial charge < -0.3 is 5.73 Å². The predicted octanol–water partition coefficient (Wildman–Crippen LogP) is 1.10. The second kappa shape index (κ2) is 2.60. The van der Waals surface area contributed by atoms with Crippen LogP contribution in [0.4, 0.5) is 0 Å². The lowest BCUT2D eigenvalue weighted by molar-refractivity contribution is 0.857. The van der Waals surface area contributed by atoms with Gasteiger partial charge in [-0.05, 0) is 25.1 Å². The molecule has 0 fully saturated rings. The molecular weight excluding hydrogens is 150 g/mol. The smallest absolute Gasteiger partial charge is 0.0770 e. The highest BCUT2D eigenvalue weighted by molar-refractivity contribution is 5.48. The first kappa shape index (κ1) is 7.31. The molecule has 0 aromatic carbocycles. The fourth-order valence-corrected chi connectivity index (χ4v) is 1.30. The number of rotatable bonds is 1. The first-order valence-electron chi connectivity index (χ1n) is 3.95. The topological polar surface area (TPSA) is 43.3 Å². The maximum Gasteiger partial charge on any atom is 0.0770 e. The number of pyridine rings is 1. The Hall–Kier alpha value is -1.35. The molecule has 0 atom stereocenters. The van der Waals surface area contributed by atoms with Crippen molar-refractivity contribution in [1.29, 1.82) is 0 Å². The number of aromatic nitrogens is 2. The molecule has 2 aromatic rings. The molecule has 0 aliphatic rings. The van der Waals surface area contributed by atoms with Crippen molar-refractivity contribution in [3.63, 3.8) is 0 Å². The van der Waals surface area contributed by atoms with Crippen LogP contribution >= 0.6 is 0 Å². The maximum absolute atomic E-state index is 5.49. The lowest BCUT2D eigenvalue weighted by Crippen LogP contribution is -1.98. The third kappa shape index (κ3) is 0.987. The van der Waals surface area contributed by atoms with Gasteiger partial charge in [0.2, 0.25) is 0 Å². The van der Waals surface area contributed by atoms with Gasteiger partial charge in [-0.15, -0.1) is 0 Å². The van der Waals surface area contributed by atoms with Crippen molar-refractivity contribution < 1.29 is 0 Å². The van der Waals surface area contributed by atoms with E-state index in [4.69, 9.17) is 5.73 Å². The SMILES string of the molecule is Cc1cccc2cc(CN)nn12. The average molecular weight is 161 g/mol. The first-order chi connectivity index (χ1) is 5.81. The van der Waals surface area contributed by atoms with E-state index in [0.29, 0.717) is 6.54 Å². The number of aryl methyl sites for hydroxylation is 1. The van der Waals surface area contributed by atoms with Gasteiger partial charge in [-0.25, -0.2) is 4.52 Å². The Morgan fingerprint density at radius 1 is 1.50 bits per heavy atom. The third-order valence-corrected chi connectivity index (χ3v) is 1.94. The van der Waals surface area contributed by atoms with Crippen molar-refractivity contribution in [2.45, 2.75) is 13.5 Å². The molecule has 0 aliphatic carbocycles. The van der Waals surface area contributed by atoms with Crippen LogP contribution in [0, 0.1) is 6.92 Å². The first-order valence-corrected chi connectivity index (χ1v) is 3.95. The Kier molecular flexibility index (Phi) is 1.59. The second-order valence-electron chi connectivity index (χ2n) is 2.84. The molecule has 0 radical (unpaired) electrons. The summed E-state index contributed by atoms with van der Waals surface area (Å²) in [5.41, 5.74) is 8.66. The van der Waals surface area contributed by atoms with Crippen molar-refractivity contribution in [2.75, 3.05) is 0 Å². The van der Waals surface area contributed by atoms with Crippen LogP contribution in [0.15, 0.2) is 24.3 Å². The lowest BCUT2D eigenvalue weighted by Gasteiger charge is -1.95. The molecule has 3 heteroatoms. The maximum atomic E-state index is 5.49. The van der Waals surface area contributed by atoms with E-state index in [1.807, 2.05) is 35.7 Å². The van der Waals surface area contributed by atoms with Crippen molar-refractivity contribution in [2.24, 2.45) is 5.73 Å². The summed E-state index contributed by atoms with van der Waals surface area (Å²) in [6.07, 6.45) is 0. The van der Waals surface area contributed by atoms with Crippen molar-refractivity contribution in [3.8, 4) is 0 Å². The van der Waals surface area contributed by atoms with Crippen LogP contribution in [-0.4, -0.2) is 9.61 Å². The number of nitrogens with zero attached hydrogens (tertiary/aromatic N) is 2. The Labute approximate surface area is 70.8 Å². The second-order valence-corrected chi connectivity index (χ2v) is 2.84. The van der Waals surface area contributed by atoms with E-state index in [0.717, 1.165) is 16.9 Å². The highest BCUT2D eigenvalue weighted by atomic mass is 15.2. The Morgan fingerprint density at radius 2 is 2.33 bits per heavy atom. The van der Waals surface area contributed by atoms with Gasteiger partial charge >= 0.3 is 0 Å². The third-order valence-electron chi connectivity index (χ3n) is 1.94. The van der Waals surface area contributed by atoms with E-state index >= 15 is 0 Å². The molecule has 0 amide bonds. The summed E-state index contributed by atoms with van der Waals surface area (Å²) in [5.74, 6) is 0. The van der Waals surface area contributed by atoms with Gasteiger partial charge in [0.1, 0.15) is 0 Å². The van der Waals surface area contributed by atoms with E-state index in [-0.39, 0.29) is 0 Å². The molecule has 0 saturated heterocycles. The number of nitrogens with two attached hydrogens (primary N) is 1. The molecule has 2 rings (SSSR count). The molecule has 0 unspecified atom stereocenters. The number of hydrogen-bond donors (Lipinski definition) is 1. The summed E-state index contributed by atoms with van der Waals surface area (Å²) in [5, 5.41) is 4.32. The van der Waals surface area contributed by atoms with Crippen molar-refractivity contribution >= 4 is 5.52 Å². The summed E-state index contributed by atoms with van der Waals surface area (Å²) >= 11 is 0. The molecule has 2 aromatic heterocycles. The molecule has 0 aliphatic heterocycles. The summed E-state index contributed by atoms with van der Waals surface area (Å²) in [6, 6.07) is 8.08. The van der Waals surface area contributed by atoms with Gasteiger partial charge in [-0.1, -0.05) is 6.07 Å². The minimum atomic E-state index is 0.501. The predicted molar refractivity (Wildman–Crippen MR) is 47.8 cm³/mol. The average Bonchev–Trinajstić information content (AvgIpc) is 2.49. The summed E-state index contributed by atoms with van der Waals surface area (Å²) < 4.78 is 1.90. The lowest BCUT2D eigenvalue weighted by atomic mass is 10.3. The van der Waals surface area contributed by atoms with Crippen molar-refractivity contribution in [1.82, 2.24) is 9.61 Å². The van der Waals surface area contributed by atoms with E-state index < -0.39 is 0 Å². The Morgan fingerprint density at radius 3 is 3.00 bits per heavy atom. The van der Waals surface area contributed by atoms with Crippen LogP contribution in [-0.2, 0) is 6.54 Å². The summed E-state index contributed by atoms with van der Waals surface area (Å²) in [4.78, 5) is 0. The molecule has 2 heterocycles. The number of hydrogen-bond acceptors (Lipinski definition) is 2. The zero-order valence-electron chi connectivity index (χ0n) is 6.99. The van der Waals surface area contributed by atoms with Crippen LogP contribution in [0.5, 0.6) is 0 Å². The highest BCUT2D eigenvalue weighted by Crippen LogP contribution is 2.08. The monoisotopic (exact) mass is 161 g/mol. The Bertz CT molecular complexity index is 403. The molecule has 3 nitrogen and oxygen atoms in total. The van der Waals surface area contributed by atoms with Crippen LogP contribution < -0.4 is 5.73 Å². The normalized spacial score (nSPS) is 10.8. The van der Waals surface area contributed by atoms with Gasteiger partial charge in [-0.3, -0.25) is 0 Å². The fraction of sp³-hybridized carbons (Fsp3) is 0.222. The van der Waals surface area contributed by atoms with Gasteiger partial charge in [0.25, 0.3) is 0 Å². The van der Waals surface area contributed by atoms with Crippen LogP contribution in [0.3, 0.4) is 0 Å². The summed E-state index contributed by atoms with van der Waals surface area (Å²) in [6.45, 7) is 2.53. The van der Waals surface area contributed by atoms with Crippen LogP contribution in [0.1, 0.15) is 11.4 Å². The van der Waals surface area contributed by atoms with E-state index in [2.05, 4.69) is 5.10 Å². The fourth-order valence-electron chi connectivity index (χ4n) is 1.30. The molecule has 62 valence electrons. The largest absolute Gasteiger partial charge is 0.325 e. The zero-order chi connectivity index (χ0) is 8.55. The summed E-state index contributed by atoms with van der Waals surface area (Å²) in [7, 11) is 0. The molecular formula is C9H11N3. The number of fused-ring (bicyclic) bond motifs is 1. The van der Waals surface area contributed by atoms with Gasteiger partial charge in [0.05, 0.1) is 11.2 Å². The van der Waals surface area contributed by atoms with E-state index in [1.54, 1.807) is 0 Å². The van der Waals surface area contributed by atoms with E-state index in [9.17, 15) is 0 Å². The molecule has 0 spiro atoms. The standard InChI is InChI=1S/C9H11N3/c1-7-3-2-4-9-5-8(6-10)11-12(7)9/h2-5H,6,10H2,1H3. The van der Waals surface area contributed by atoms with Gasteiger partial charge in [-0.2, -0.15) is 5.10 Å². The highest BCUT2D eigenvalue weighted by Gasteiger charge is 1.99. The van der Waals surface area contributed by atoms with Gasteiger partial charge in [0.15, 0.2) is 0 Å². The van der Waals surface area contributed by atoms with Crippen molar-refractivity contribution in [3.05, 3.63) is 35.7 Å². The minimum absolute atomic E-state index is 0.501. The van der Waals surface area contributed by atoms with Gasteiger partial charge in [0, 0.05) is 12.2 Å². The quantitative estimate of drug-likeness (QED) is 0.680. The molecule has 2 N–H and O–H groups in total. The van der Waals surface area contributed by atoms with Crippen LogP contribution in [0.2, 0.25) is 0 Å². The molecule has 0 saturated carbocycles. The minimum Gasteiger partial charge on any atom is -0.325 e.